The van der Waals surface area contributed by atoms with Crippen LogP contribution in [-0.2, 0) is 0 Å². The van der Waals surface area contributed by atoms with E-state index in [0.717, 1.165) is 0 Å². The van der Waals surface area contributed by atoms with E-state index in [1.807, 2.05) is 0 Å². The first-order valence-corrected chi connectivity index (χ1v) is 6.42. The molecule has 0 heterocycles. The van der Waals surface area contributed by atoms with Crippen molar-refractivity contribution in [1.29, 1.82) is 0 Å². The predicted molar refractivity (Wildman–Crippen MR) is 71.2 cm³/mol. The molecule has 15 heavy (non-hydrogen) atoms. The summed E-state index contributed by atoms with van der Waals surface area (Å²) < 4.78 is 0. The van der Waals surface area contributed by atoms with E-state index in [1.165, 1.54) is 44.1 Å². The Morgan fingerprint density at radius 1 is 1.00 bits per heavy atom. The zero-order valence-electron chi connectivity index (χ0n) is 11.3. The number of hydrogen-bond acceptors (Lipinski definition) is 0. The van der Waals surface area contributed by atoms with Gasteiger partial charge in [0.25, 0.3) is 0 Å². The molecule has 0 amide bonds. The minimum Gasteiger partial charge on any atom is -0.0854 e. The molecule has 0 aliphatic carbocycles. The lowest BCUT2D eigenvalue weighted by Crippen LogP contribution is -1.86. The van der Waals surface area contributed by atoms with Crippen LogP contribution >= 0.6 is 0 Å². The lowest BCUT2D eigenvalue weighted by atomic mass is 10.0. The molecule has 0 unspecified atom stereocenters. The van der Waals surface area contributed by atoms with Crippen molar-refractivity contribution in [2.75, 3.05) is 0 Å². The Balaban J connectivity index is 3.87. The van der Waals surface area contributed by atoms with Gasteiger partial charge in [0.2, 0.25) is 0 Å². The van der Waals surface area contributed by atoms with Gasteiger partial charge in [0.1, 0.15) is 0 Å². The molecule has 0 fully saturated rings. The quantitative estimate of drug-likeness (QED) is 0.474. The first kappa shape index (κ1) is 14.5. The van der Waals surface area contributed by atoms with Crippen molar-refractivity contribution in [3.63, 3.8) is 0 Å². The van der Waals surface area contributed by atoms with Crippen LogP contribution in [0.1, 0.15) is 73.1 Å². The van der Waals surface area contributed by atoms with E-state index >= 15 is 0 Å². The maximum Gasteiger partial charge on any atom is -0.0317 e. The summed E-state index contributed by atoms with van der Waals surface area (Å²) in [5.74, 6) is 0. The van der Waals surface area contributed by atoms with Gasteiger partial charge in [0, 0.05) is 0 Å². The van der Waals surface area contributed by atoms with Gasteiger partial charge in [-0.2, -0.15) is 0 Å². The minimum atomic E-state index is 1.23. The van der Waals surface area contributed by atoms with Crippen LogP contribution in [0.15, 0.2) is 22.8 Å². The van der Waals surface area contributed by atoms with E-state index in [0.29, 0.717) is 0 Å². The van der Waals surface area contributed by atoms with Crippen molar-refractivity contribution in [1.82, 2.24) is 0 Å². The molecule has 0 bridgehead atoms. The van der Waals surface area contributed by atoms with Crippen LogP contribution in [0.3, 0.4) is 0 Å². The lowest BCUT2D eigenvalue weighted by Gasteiger charge is -2.06. The molecule has 0 N–H and O–H groups in total. The highest BCUT2D eigenvalue weighted by Gasteiger charge is 1.97. The molecule has 0 aromatic carbocycles. The normalized spacial score (nSPS) is 11.7. The molecule has 0 nitrogen and oxygen atoms in total. The zero-order chi connectivity index (χ0) is 11.7. The summed E-state index contributed by atoms with van der Waals surface area (Å²) in [7, 11) is 0. The largest absolute Gasteiger partial charge is 0.0854 e. The van der Waals surface area contributed by atoms with Crippen molar-refractivity contribution in [2.24, 2.45) is 0 Å². The maximum atomic E-state index is 2.44. The first-order valence-electron chi connectivity index (χ1n) is 6.42. The van der Waals surface area contributed by atoms with Crippen molar-refractivity contribution < 1.29 is 0 Å². The Kier molecular flexibility index (Phi) is 8.46. The highest BCUT2D eigenvalue weighted by atomic mass is 14.0. The van der Waals surface area contributed by atoms with Crippen LogP contribution in [0.5, 0.6) is 0 Å². The highest BCUT2D eigenvalue weighted by Crippen LogP contribution is 2.17. The van der Waals surface area contributed by atoms with Gasteiger partial charge in [0.15, 0.2) is 0 Å². The van der Waals surface area contributed by atoms with Crippen LogP contribution in [0.2, 0.25) is 0 Å². The van der Waals surface area contributed by atoms with Gasteiger partial charge < -0.3 is 0 Å². The van der Waals surface area contributed by atoms with Crippen molar-refractivity contribution in [2.45, 2.75) is 73.1 Å². The maximum absolute atomic E-state index is 2.44. The van der Waals surface area contributed by atoms with Crippen LogP contribution in [0.25, 0.3) is 0 Å². The summed E-state index contributed by atoms with van der Waals surface area (Å²) >= 11 is 0. The fourth-order valence-corrected chi connectivity index (χ4v) is 1.60. The van der Waals surface area contributed by atoms with Crippen molar-refractivity contribution in [3.05, 3.63) is 22.8 Å². The van der Waals surface area contributed by atoms with Gasteiger partial charge in [0.05, 0.1) is 0 Å². The molecule has 0 saturated heterocycles. The first-order chi connectivity index (χ1) is 7.11. The molecule has 0 aliphatic heterocycles. The predicted octanol–water partition coefficient (Wildman–Crippen LogP) is 5.65. The third-order valence-corrected chi connectivity index (χ3v) is 3.08. The third-order valence-electron chi connectivity index (χ3n) is 3.08. The molecule has 88 valence electrons. The Morgan fingerprint density at radius 3 is 2.13 bits per heavy atom. The van der Waals surface area contributed by atoms with Gasteiger partial charge in [-0.05, 0) is 52.9 Å². The summed E-state index contributed by atoms with van der Waals surface area (Å²) in [5, 5.41) is 0. The SMILES string of the molecule is CCCC=C(CC)CCCC(C)=C(C)C. The fraction of sp³-hybridized carbons (Fsp3) is 0.733. The monoisotopic (exact) mass is 208 g/mol. The molecule has 0 atom stereocenters. The lowest BCUT2D eigenvalue weighted by molar-refractivity contribution is 0.766. The molecule has 0 radical (unpaired) electrons. The minimum absolute atomic E-state index is 1.23. The zero-order valence-corrected chi connectivity index (χ0v) is 11.3. The Hall–Kier alpha value is -0.520. The molecule has 0 heteroatoms. The highest BCUT2D eigenvalue weighted by molar-refractivity contribution is 5.08. The van der Waals surface area contributed by atoms with E-state index < -0.39 is 0 Å². The summed E-state index contributed by atoms with van der Waals surface area (Å²) in [4.78, 5) is 0. The summed E-state index contributed by atoms with van der Waals surface area (Å²) in [6, 6.07) is 0. The average molecular weight is 208 g/mol. The van der Waals surface area contributed by atoms with Gasteiger partial charge in [-0.25, -0.2) is 0 Å². The van der Waals surface area contributed by atoms with E-state index in [1.54, 1.807) is 11.1 Å². The molecule has 0 aromatic heterocycles. The average Bonchev–Trinajstić information content (AvgIpc) is 2.22. The van der Waals surface area contributed by atoms with Crippen LogP contribution in [-0.4, -0.2) is 0 Å². The van der Waals surface area contributed by atoms with Crippen LogP contribution in [0, 0.1) is 0 Å². The number of allylic oxidation sites excluding steroid dienone is 4. The summed E-state index contributed by atoms with van der Waals surface area (Å²) in [6.07, 6.45) is 10.1. The Labute approximate surface area is 96.5 Å². The van der Waals surface area contributed by atoms with E-state index in [-0.39, 0.29) is 0 Å². The molecule has 0 aliphatic rings. The molecule has 0 spiro atoms. The standard InChI is InChI=1S/C15H28/c1-6-8-11-15(7-2)12-9-10-14(5)13(3)4/h11H,6-10,12H2,1-5H3. The van der Waals surface area contributed by atoms with Gasteiger partial charge in [-0.15, -0.1) is 0 Å². The van der Waals surface area contributed by atoms with Crippen LogP contribution < -0.4 is 0 Å². The van der Waals surface area contributed by atoms with E-state index in [2.05, 4.69) is 40.7 Å². The summed E-state index contributed by atoms with van der Waals surface area (Å²) in [6.45, 7) is 11.2. The van der Waals surface area contributed by atoms with Gasteiger partial charge in [-0.3, -0.25) is 0 Å². The smallest absolute Gasteiger partial charge is 0.0317 e. The molecule has 0 rings (SSSR count). The second kappa shape index (κ2) is 8.76. The third kappa shape index (κ3) is 7.41. The molecular weight excluding hydrogens is 180 g/mol. The van der Waals surface area contributed by atoms with Crippen molar-refractivity contribution >= 4 is 0 Å². The number of unbranched alkanes of at least 4 members (excludes halogenated alkanes) is 1. The molecule has 0 saturated carbocycles. The van der Waals surface area contributed by atoms with E-state index in [4.69, 9.17) is 0 Å². The fourth-order valence-electron chi connectivity index (χ4n) is 1.60. The van der Waals surface area contributed by atoms with Gasteiger partial charge in [-0.1, -0.05) is 43.1 Å². The summed E-state index contributed by atoms with van der Waals surface area (Å²) in [5.41, 5.74) is 4.71. The number of hydrogen-bond donors (Lipinski definition) is 0. The molecule has 0 aromatic rings. The van der Waals surface area contributed by atoms with Crippen LogP contribution in [0.4, 0.5) is 0 Å². The Morgan fingerprint density at radius 2 is 1.67 bits per heavy atom. The topological polar surface area (TPSA) is 0 Å². The second-order valence-electron chi connectivity index (χ2n) is 4.64. The Bertz CT molecular complexity index is 214. The van der Waals surface area contributed by atoms with E-state index in [9.17, 15) is 0 Å². The van der Waals surface area contributed by atoms with Gasteiger partial charge >= 0.3 is 0 Å². The second-order valence-corrected chi connectivity index (χ2v) is 4.64. The van der Waals surface area contributed by atoms with Crippen molar-refractivity contribution in [3.8, 4) is 0 Å². The molecular formula is C15H28. The number of rotatable bonds is 7.